The Balaban J connectivity index is 1.18. The van der Waals surface area contributed by atoms with Crippen LogP contribution in [0.25, 0.3) is 0 Å². The summed E-state index contributed by atoms with van der Waals surface area (Å²) in [6.45, 7) is 6.08. The second-order valence-corrected chi connectivity index (χ2v) is 11.0. The maximum absolute atomic E-state index is 12.6. The van der Waals surface area contributed by atoms with Gasteiger partial charge in [-0.25, -0.2) is 0 Å². The van der Waals surface area contributed by atoms with E-state index in [0.29, 0.717) is 24.5 Å². The number of amides is 1. The summed E-state index contributed by atoms with van der Waals surface area (Å²) in [6.07, 6.45) is 4.06. The molecule has 3 fully saturated rings. The number of benzene rings is 2. The zero-order valence-electron chi connectivity index (χ0n) is 23.3. The van der Waals surface area contributed by atoms with Crippen molar-refractivity contribution in [1.29, 1.82) is 0 Å². The minimum Gasteiger partial charge on any atom is -0.392 e. The Hall–Kier alpha value is -3.18. The molecule has 4 atom stereocenters. The predicted molar refractivity (Wildman–Crippen MR) is 152 cm³/mol. The first-order valence-corrected chi connectivity index (χ1v) is 14.3. The number of aromatic nitrogens is 1. The second-order valence-electron chi connectivity index (χ2n) is 11.0. The van der Waals surface area contributed by atoms with Gasteiger partial charge in [0.2, 0.25) is 0 Å². The number of ether oxygens (including phenoxy) is 4. The molecule has 41 heavy (non-hydrogen) atoms. The van der Waals surface area contributed by atoms with E-state index >= 15 is 0 Å². The molecule has 3 aliphatic heterocycles. The lowest BCUT2D eigenvalue weighted by Gasteiger charge is -2.44. The molecule has 2 N–H and O–H groups in total. The smallest absolute Gasteiger partial charge is 0.257 e. The molecule has 0 bridgehead atoms. The molecule has 3 saturated heterocycles. The van der Waals surface area contributed by atoms with Crippen LogP contribution >= 0.6 is 0 Å². The number of rotatable bonds is 7. The fraction of sp³-hybridized carbons (Fsp3) is 0.438. The predicted octanol–water partition coefficient (Wildman–Crippen LogP) is 4.46. The number of nitrogens with one attached hydrogen (secondary N) is 1. The van der Waals surface area contributed by atoms with Crippen LogP contribution in [-0.2, 0) is 25.6 Å². The van der Waals surface area contributed by atoms with Crippen molar-refractivity contribution in [2.24, 2.45) is 5.92 Å². The van der Waals surface area contributed by atoms with Gasteiger partial charge in [-0.3, -0.25) is 9.78 Å². The Kier molecular flexibility index (Phi) is 8.43. The number of hydrogen-bond acceptors (Lipinski definition) is 8. The SMILES string of the molecule is C[C@H]1[C@@H](CN2CCC3(CC2)OCCO3)O[C@@H](c2ccc(NC(=O)c3cccnc3)cc2)O[C@H]1c1ccc(CO)cc1. The summed E-state index contributed by atoms with van der Waals surface area (Å²) in [6, 6.07) is 19.0. The molecule has 4 heterocycles. The fourth-order valence-corrected chi connectivity index (χ4v) is 5.87. The van der Waals surface area contributed by atoms with Crippen molar-refractivity contribution < 1.29 is 28.8 Å². The monoisotopic (exact) mass is 559 g/mol. The molecule has 1 aromatic heterocycles. The van der Waals surface area contributed by atoms with E-state index < -0.39 is 12.1 Å². The number of nitrogens with zero attached hydrogens (tertiary/aromatic N) is 2. The Morgan fingerprint density at radius 1 is 1.00 bits per heavy atom. The van der Waals surface area contributed by atoms with Gasteiger partial charge >= 0.3 is 0 Å². The molecule has 0 aliphatic carbocycles. The van der Waals surface area contributed by atoms with Gasteiger partial charge in [-0.2, -0.15) is 0 Å². The number of aliphatic hydroxyl groups is 1. The van der Waals surface area contributed by atoms with Crippen LogP contribution in [0.2, 0.25) is 0 Å². The van der Waals surface area contributed by atoms with E-state index in [0.717, 1.165) is 49.2 Å². The quantitative estimate of drug-likeness (QED) is 0.438. The molecule has 3 aromatic rings. The van der Waals surface area contributed by atoms with Crippen molar-refractivity contribution in [2.45, 2.75) is 50.7 Å². The van der Waals surface area contributed by atoms with Crippen molar-refractivity contribution >= 4 is 11.6 Å². The standard InChI is InChI=1S/C32H37N3O6/c1-22-28(20-35-15-12-32(13-16-35)38-17-18-39-32)40-31(41-29(22)24-6-4-23(21-36)5-7-24)25-8-10-27(11-9-25)34-30(37)26-3-2-14-33-19-26/h2-11,14,19,22,28-29,31,36H,12-13,15-18,20-21H2,1H3,(H,34,37)/t22-,28+,29+,31+/m0/s1. The van der Waals surface area contributed by atoms with E-state index in [1.54, 1.807) is 18.3 Å². The lowest BCUT2D eigenvalue weighted by molar-refractivity contribution is -0.278. The summed E-state index contributed by atoms with van der Waals surface area (Å²) in [7, 11) is 0. The third-order valence-electron chi connectivity index (χ3n) is 8.36. The molecular weight excluding hydrogens is 522 g/mol. The summed E-state index contributed by atoms with van der Waals surface area (Å²) >= 11 is 0. The highest BCUT2D eigenvalue weighted by molar-refractivity contribution is 6.04. The molecular formula is C32H37N3O6. The van der Waals surface area contributed by atoms with Gasteiger partial charge in [-0.1, -0.05) is 43.3 Å². The first kappa shape index (κ1) is 28.0. The molecule has 6 rings (SSSR count). The van der Waals surface area contributed by atoms with Gasteiger partial charge in [-0.15, -0.1) is 0 Å². The lowest BCUT2D eigenvalue weighted by Crippen LogP contribution is -2.50. The molecule has 0 radical (unpaired) electrons. The van der Waals surface area contributed by atoms with Crippen molar-refractivity contribution in [3.05, 3.63) is 95.3 Å². The Bertz CT molecular complexity index is 1290. The average Bonchev–Trinajstić information content (AvgIpc) is 3.48. The Morgan fingerprint density at radius 2 is 1.71 bits per heavy atom. The number of anilines is 1. The van der Waals surface area contributed by atoms with E-state index in [-0.39, 0.29) is 30.6 Å². The molecule has 0 unspecified atom stereocenters. The normalized spacial score (nSPS) is 26.2. The number of pyridine rings is 1. The molecule has 0 saturated carbocycles. The van der Waals surface area contributed by atoms with Crippen LogP contribution in [0.3, 0.4) is 0 Å². The van der Waals surface area contributed by atoms with Crippen LogP contribution in [0.1, 0.15) is 59.2 Å². The van der Waals surface area contributed by atoms with Gasteiger partial charge in [0.05, 0.1) is 37.6 Å². The number of aliphatic hydroxyl groups excluding tert-OH is 1. The van der Waals surface area contributed by atoms with E-state index in [1.165, 1.54) is 6.20 Å². The van der Waals surface area contributed by atoms with Gasteiger partial charge in [0.15, 0.2) is 12.1 Å². The fourth-order valence-electron chi connectivity index (χ4n) is 5.87. The lowest BCUT2D eigenvalue weighted by atomic mass is 9.89. The van der Waals surface area contributed by atoms with E-state index in [1.807, 2.05) is 48.5 Å². The van der Waals surface area contributed by atoms with Gasteiger partial charge in [0, 0.05) is 62.0 Å². The molecule has 1 amide bonds. The highest BCUT2D eigenvalue weighted by Crippen LogP contribution is 2.42. The summed E-state index contributed by atoms with van der Waals surface area (Å²) in [5.74, 6) is -0.529. The van der Waals surface area contributed by atoms with Crippen LogP contribution < -0.4 is 5.32 Å². The van der Waals surface area contributed by atoms with Crippen LogP contribution in [0.4, 0.5) is 5.69 Å². The highest BCUT2D eigenvalue weighted by atomic mass is 16.7. The van der Waals surface area contributed by atoms with Crippen LogP contribution in [0.15, 0.2) is 73.1 Å². The molecule has 3 aliphatic rings. The topological polar surface area (TPSA) is 102 Å². The summed E-state index contributed by atoms with van der Waals surface area (Å²) < 4.78 is 25.1. The van der Waals surface area contributed by atoms with E-state index in [4.69, 9.17) is 18.9 Å². The van der Waals surface area contributed by atoms with Gasteiger partial charge < -0.3 is 34.3 Å². The molecule has 216 valence electrons. The number of piperidine rings is 1. The first-order chi connectivity index (χ1) is 20.0. The maximum atomic E-state index is 12.6. The van der Waals surface area contributed by atoms with Crippen molar-refractivity contribution in [1.82, 2.24) is 9.88 Å². The molecule has 1 spiro atoms. The van der Waals surface area contributed by atoms with Crippen molar-refractivity contribution in [3.8, 4) is 0 Å². The third kappa shape index (κ3) is 6.35. The van der Waals surface area contributed by atoms with Gasteiger partial charge in [-0.05, 0) is 35.4 Å². The largest absolute Gasteiger partial charge is 0.392 e. The number of likely N-dealkylation sites (tertiary alicyclic amines) is 1. The van der Waals surface area contributed by atoms with E-state index in [9.17, 15) is 9.90 Å². The van der Waals surface area contributed by atoms with Crippen LogP contribution in [0, 0.1) is 5.92 Å². The Labute approximate surface area is 240 Å². The highest BCUT2D eigenvalue weighted by Gasteiger charge is 2.43. The number of carbonyl (C=O) groups is 1. The molecule has 9 nitrogen and oxygen atoms in total. The van der Waals surface area contributed by atoms with Crippen LogP contribution in [0.5, 0.6) is 0 Å². The minimum absolute atomic E-state index is 0.00324. The zero-order valence-corrected chi connectivity index (χ0v) is 23.3. The molecule has 2 aromatic carbocycles. The Morgan fingerprint density at radius 3 is 2.37 bits per heavy atom. The van der Waals surface area contributed by atoms with Crippen molar-refractivity contribution in [2.75, 3.05) is 38.2 Å². The van der Waals surface area contributed by atoms with Gasteiger partial charge in [0.25, 0.3) is 5.91 Å². The maximum Gasteiger partial charge on any atom is 0.257 e. The average molecular weight is 560 g/mol. The van der Waals surface area contributed by atoms with Gasteiger partial charge in [0.1, 0.15) is 0 Å². The van der Waals surface area contributed by atoms with Crippen molar-refractivity contribution in [3.63, 3.8) is 0 Å². The summed E-state index contributed by atoms with van der Waals surface area (Å²) in [4.78, 5) is 19.0. The summed E-state index contributed by atoms with van der Waals surface area (Å²) in [5, 5.41) is 12.4. The summed E-state index contributed by atoms with van der Waals surface area (Å²) in [5.41, 5.74) is 3.97. The van der Waals surface area contributed by atoms with Crippen LogP contribution in [-0.4, -0.2) is 65.6 Å². The second kappa shape index (κ2) is 12.4. The molecule has 9 heteroatoms. The van der Waals surface area contributed by atoms with E-state index in [2.05, 4.69) is 22.1 Å². The zero-order chi connectivity index (χ0) is 28.2. The third-order valence-corrected chi connectivity index (χ3v) is 8.36. The first-order valence-electron chi connectivity index (χ1n) is 14.3. The number of hydrogen-bond donors (Lipinski definition) is 2. The number of carbonyl (C=O) groups excluding carboxylic acids is 1. The minimum atomic E-state index is -0.570.